The quantitative estimate of drug-likeness (QED) is 0.501. The van der Waals surface area contributed by atoms with Gasteiger partial charge in [0.2, 0.25) is 0 Å². The summed E-state index contributed by atoms with van der Waals surface area (Å²) >= 11 is 0. The second kappa shape index (κ2) is 10.5. The summed E-state index contributed by atoms with van der Waals surface area (Å²) in [5, 5.41) is 4.72. The predicted octanol–water partition coefficient (Wildman–Crippen LogP) is 2.71. The fourth-order valence-electron chi connectivity index (χ4n) is 2.28. The van der Waals surface area contributed by atoms with Crippen LogP contribution in [0, 0.1) is 23.3 Å². The second-order valence-corrected chi connectivity index (χ2v) is 6.52. The van der Waals surface area contributed by atoms with E-state index in [1.807, 2.05) is 0 Å². The number of carbonyl (C=O) groups is 2. The van der Waals surface area contributed by atoms with Gasteiger partial charge in [-0.1, -0.05) is 0 Å². The van der Waals surface area contributed by atoms with Crippen molar-refractivity contribution in [2.45, 2.75) is 25.9 Å². The van der Waals surface area contributed by atoms with E-state index in [1.54, 1.807) is 0 Å². The summed E-state index contributed by atoms with van der Waals surface area (Å²) in [7, 11) is 0. The van der Waals surface area contributed by atoms with Crippen LogP contribution in [0.3, 0.4) is 0 Å². The Bertz CT molecular complexity index is 837. The van der Waals surface area contributed by atoms with Gasteiger partial charge in [-0.25, -0.2) is 17.6 Å². The first-order valence-electron chi connectivity index (χ1n) is 8.92. The first kappa shape index (κ1) is 23.0. The smallest absolute Gasteiger partial charge is 0.309 e. The van der Waals surface area contributed by atoms with Gasteiger partial charge in [-0.2, -0.15) is 0 Å². The van der Waals surface area contributed by atoms with E-state index < -0.39 is 47.2 Å². The molecule has 0 aromatic heterocycles. The fourth-order valence-corrected chi connectivity index (χ4v) is 2.28. The minimum absolute atomic E-state index is 0.163. The van der Waals surface area contributed by atoms with Crippen LogP contribution in [0.2, 0.25) is 0 Å². The van der Waals surface area contributed by atoms with Gasteiger partial charge in [-0.15, -0.1) is 0 Å². The van der Waals surface area contributed by atoms with E-state index in [9.17, 15) is 27.2 Å². The van der Waals surface area contributed by atoms with E-state index in [0.29, 0.717) is 12.1 Å². The summed E-state index contributed by atoms with van der Waals surface area (Å²) < 4.78 is 63.0. The van der Waals surface area contributed by atoms with Crippen molar-refractivity contribution in [3.05, 3.63) is 59.7 Å². The van der Waals surface area contributed by atoms with Crippen LogP contribution in [0.15, 0.2) is 36.4 Å². The summed E-state index contributed by atoms with van der Waals surface area (Å²) in [4.78, 5) is 23.9. The van der Waals surface area contributed by atoms with E-state index >= 15 is 0 Å². The third-order valence-corrected chi connectivity index (χ3v) is 3.73. The highest BCUT2D eigenvalue weighted by Gasteiger charge is 2.19. The molecule has 0 heterocycles. The molecule has 0 radical (unpaired) electrons. The van der Waals surface area contributed by atoms with Gasteiger partial charge in [-0.3, -0.25) is 9.59 Å². The number of ether oxygens (including phenoxy) is 2. The number of nitrogens with one attached hydrogen (secondary N) is 2. The maximum Gasteiger partial charge on any atom is 0.309 e. The Kier molecular flexibility index (Phi) is 8.02. The Labute approximate surface area is 170 Å². The topological polar surface area (TPSA) is 76.7 Å². The zero-order chi connectivity index (χ0) is 22.3. The van der Waals surface area contributed by atoms with Crippen molar-refractivity contribution < 1.29 is 36.6 Å². The summed E-state index contributed by atoms with van der Waals surface area (Å²) in [5.41, 5.74) is 0. The van der Waals surface area contributed by atoms with Gasteiger partial charge in [0.1, 0.15) is 24.8 Å². The minimum Gasteiger partial charge on any atom is -0.488 e. The zero-order valence-electron chi connectivity index (χ0n) is 16.2. The Morgan fingerprint density at radius 2 is 1.13 bits per heavy atom. The molecular weight excluding hydrogens is 408 g/mol. The molecule has 2 N–H and O–H groups in total. The van der Waals surface area contributed by atoms with Crippen LogP contribution in [0.5, 0.6) is 11.5 Å². The number of hydrogen-bond acceptors (Lipinski definition) is 4. The van der Waals surface area contributed by atoms with Crippen LogP contribution in [-0.2, 0) is 9.59 Å². The Balaban J connectivity index is 1.75. The lowest BCUT2D eigenvalue weighted by Crippen LogP contribution is -2.48. The van der Waals surface area contributed by atoms with Gasteiger partial charge in [0.15, 0.2) is 23.1 Å². The highest BCUT2D eigenvalue weighted by Crippen LogP contribution is 2.18. The molecule has 0 aliphatic heterocycles. The molecule has 0 saturated heterocycles. The molecule has 2 rings (SSSR count). The summed E-state index contributed by atoms with van der Waals surface area (Å²) in [6, 6.07) is 4.27. The highest BCUT2D eigenvalue weighted by molar-refractivity contribution is 6.35. The van der Waals surface area contributed by atoms with Crippen molar-refractivity contribution in [3.63, 3.8) is 0 Å². The maximum atomic E-state index is 13.5. The van der Waals surface area contributed by atoms with Gasteiger partial charge in [0, 0.05) is 12.1 Å². The first-order valence-corrected chi connectivity index (χ1v) is 8.92. The molecule has 2 unspecified atom stereocenters. The van der Waals surface area contributed by atoms with Crippen LogP contribution in [0.25, 0.3) is 0 Å². The lowest BCUT2D eigenvalue weighted by atomic mass is 10.3. The number of benzene rings is 2. The summed E-state index contributed by atoms with van der Waals surface area (Å²) in [6.45, 7) is 2.72. The molecule has 6 nitrogen and oxygen atoms in total. The lowest BCUT2D eigenvalue weighted by molar-refractivity contribution is -0.140. The predicted molar refractivity (Wildman–Crippen MR) is 98.9 cm³/mol. The van der Waals surface area contributed by atoms with Crippen LogP contribution >= 0.6 is 0 Å². The van der Waals surface area contributed by atoms with Crippen molar-refractivity contribution in [3.8, 4) is 11.5 Å². The second-order valence-electron chi connectivity index (χ2n) is 6.52. The average Bonchev–Trinajstić information content (AvgIpc) is 2.66. The number of hydrogen-bond donors (Lipinski definition) is 2. The zero-order valence-corrected chi connectivity index (χ0v) is 16.2. The standard InChI is InChI=1S/C20H20F4N2O4/c1-11(9-29-17-5-3-13(21)7-15(17)23)25-19(27)20(28)26-12(2)10-30-18-6-4-14(22)8-16(18)24/h3-8,11-12H,9-10H2,1-2H3,(H,25,27)(H,26,28). The van der Waals surface area contributed by atoms with E-state index in [0.717, 1.165) is 24.3 Å². The van der Waals surface area contributed by atoms with Crippen LogP contribution in [0.1, 0.15) is 13.8 Å². The maximum absolute atomic E-state index is 13.5. The van der Waals surface area contributed by atoms with Crippen LogP contribution in [-0.4, -0.2) is 37.1 Å². The van der Waals surface area contributed by atoms with Crippen molar-refractivity contribution in [2.24, 2.45) is 0 Å². The Morgan fingerprint density at radius 3 is 1.47 bits per heavy atom. The van der Waals surface area contributed by atoms with Crippen LogP contribution in [0.4, 0.5) is 17.6 Å². The highest BCUT2D eigenvalue weighted by atomic mass is 19.1. The van der Waals surface area contributed by atoms with E-state index in [1.165, 1.54) is 13.8 Å². The molecule has 0 saturated carbocycles. The largest absolute Gasteiger partial charge is 0.488 e. The van der Waals surface area contributed by atoms with Crippen molar-refractivity contribution in [2.75, 3.05) is 13.2 Å². The molecule has 2 atom stereocenters. The van der Waals surface area contributed by atoms with Crippen molar-refractivity contribution >= 4 is 11.8 Å². The molecule has 162 valence electrons. The number of halogens is 4. The summed E-state index contributed by atoms with van der Waals surface area (Å²) in [5.74, 6) is -5.61. The van der Waals surface area contributed by atoms with Gasteiger partial charge < -0.3 is 20.1 Å². The number of rotatable bonds is 8. The van der Waals surface area contributed by atoms with Crippen molar-refractivity contribution in [1.82, 2.24) is 10.6 Å². The molecule has 0 fully saturated rings. The molecule has 2 aromatic carbocycles. The van der Waals surface area contributed by atoms with Crippen molar-refractivity contribution in [1.29, 1.82) is 0 Å². The Hall–Kier alpha value is -3.30. The number of carbonyl (C=O) groups excluding carboxylic acids is 2. The van der Waals surface area contributed by atoms with E-state index in [2.05, 4.69) is 10.6 Å². The molecule has 10 heteroatoms. The molecule has 0 bridgehead atoms. The number of amides is 2. The summed E-state index contributed by atoms with van der Waals surface area (Å²) in [6.07, 6.45) is 0. The minimum atomic E-state index is -0.967. The monoisotopic (exact) mass is 428 g/mol. The molecule has 30 heavy (non-hydrogen) atoms. The average molecular weight is 428 g/mol. The van der Waals surface area contributed by atoms with Gasteiger partial charge in [-0.05, 0) is 38.1 Å². The van der Waals surface area contributed by atoms with Gasteiger partial charge in [0.25, 0.3) is 0 Å². The van der Waals surface area contributed by atoms with E-state index in [4.69, 9.17) is 9.47 Å². The van der Waals surface area contributed by atoms with E-state index in [-0.39, 0.29) is 24.7 Å². The molecule has 0 aliphatic rings. The normalized spacial score (nSPS) is 12.6. The molecular formula is C20H20F4N2O4. The Morgan fingerprint density at radius 1 is 0.767 bits per heavy atom. The molecule has 0 spiro atoms. The fraction of sp³-hybridized carbons (Fsp3) is 0.300. The van der Waals surface area contributed by atoms with Gasteiger partial charge in [0.05, 0.1) is 12.1 Å². The van der Waals surface area contributed by atoms with Crippen LogP contribution < -0.4 is 20.1 Å². The SMILES string of the molecule is CC(COc1ccc(F)cc1F)NC(=O)C(=O)NC(C)COc1ccc(F)cc1F. The third kappa shape index (κ3) is 6.94. The first-order chi connectivity index (χ1) is 14.2. The third-order valence-electron chi connectivity index (χ3n) is 3.73. The molecule has 0 aliphatic carbocycles. The molecule has 2 amide bonds. The molecule has 2 aromatic rings. The van der Waals surface area contributed by atoms with Gasteiger partial charge >= 0.3 is 11.8 Å². The lowest BCUT2D eigenvalue weighted by Gasteiger charge is -2.17.